The summed E-state index contributed by atoms with van der Waals surface area (Å²) in [5.74, 6) is 0.638. The second kappa shape index (κ2) is 8.34. The summed E-state index contributed by atoms with van der Waals surface area (Å²) in [7, 11) is 0. The molecule has 0 aliphatic rings. The molecule has 0 aliphatic heterocycles. The summed E-state index contributed by atoms with van der Waals surface area (Å²) >= 11 is 0. The Balaban J connectivity index is 1.72. The molecule has 0 bridgehead atoms. The minimum Gasteiger partial charge on any atom is -0.492 e. The zero-order valence-electron chi connectivity index (χ0n) is 14.1. The van der Waals surface area contributed by atoms with Gasteiger partial charge in [0.1, 0.15) is 23.9 Å². The van der Waals surface area contributed by atoms with Gasteiger partial charge in [-0.15, -0.1) is 0 Å². The third kappa shape index (κ3) is 5.26. The molecule has 2 rings (SSSR count). The molecule has 0 heterocycles. The monoisotopic (exact) mass is 331 g/mol. The number of benzene rings is 2. The van der Waals surface area contributed by atoms with Crippen LogP contribution in [0.25, 0.3) is 0 Å². The van der Waals surface area contributed by atoms with Crippen molar-refractivity contribution in [2.75, 3.05) is 13.2 Å². The molecule has 0 saturated heterocycles. The van der Waals surface area contributed by atoms with Crippen molar-refractivity contribution in [3.8, 4) is 11.5 Å². The average molecular weight is 331 g/mol. The van der Waals surface area contributed by atoms with Gasteiger partial charge in [-0.3, -0.25) is 4.79 Å². The molecular weight excluding hydrogens is 309 g/mol. The van der Waals surface area contributed by atoms with Gasteiger partial charge in [0.2, 0.25) is 0 Å². The van der Waals surface area contributed by atoms with Gasteiger partial charge in [0, 0.05) is 0 Å². The van der Waals surface area contributed by atoms with Crippen molar-refractivity contribution < 1.29 is 18.7 Å². The van der Waals surface area contributed by atoms with Gasteiger partial charge >= 0.3 is 0 Å². The molecule has 0 radical (unpaired) electrons. The van der Waals surface area contributed by atoms with E-state index < -0.39 is 6.10 Å². The SMILES string of the molecule is Cc1ccc(OCCNC(=O)C(C)Oc2ccc(F)cc2)cc1C. The fourth-order valence-electron chi connectivity index (χ4n) is 2.06. The Morgan fingerprint density at radius 2 is 1.75 bits per heavy atom. The van der Waals surface area contributed by atoms with Crippen LogP contribution >= 0.6 is 0 Å². The van der Waals surface area contributed by atoms with Crippen molar-refractivity contribution in [2.24, 2.45) is 0 Å². The maximum Gasteiger partial charge on any atom is 0.260 e. The molecule has 128 valence electrons. The van der Waals surface area contributed by atoms with E-state index in [1.54, 1.807) is 6.92 Å². The quantitative estimate of drug-likeness (QED) is 0.791. The first kappa shape index (κ1) is 17.8. The van der Waals surface area contributed by atoms with Gasteiger partial charge in [-0.05, 0) is 68.3 Å². The molecule has 0 fully saturated rings. The lowest BCUT2D eigenvalue weighted by atomic mass is 10.1. The van der Waals surface area contributed by atoms with Gasteiger partial charge in [-0.2, -0.15) is 0 Å². The fourth-order valence-corrected chi connectivity index (χ4v) is 2.06. The number of halogens is 1. The minimum absolute atomic E-state index is 0.247. The third-order valence-electron chi connectivity index (χ3n) is 3.64. The Morgan fingerprint density at radius 1 is 1.08 bits per heavy atom. The molecule has 24 heavy (non-hydrogen) atoms. The van der Waals surface area contributed by atoms with Gasteiger partial charge in [-0.25, -0.2) is 4.39 Å². The second-order valence-corrected chi connectivity index (χ2v) is 5.60. The summed E-state index contributed by atoms with van der Waals surface area (Å²) in [5.41, 5.74) is 2.38. The highest BCUT2D eigenvalue weighted by molar-refractivity contribution is 5.80. The first-order chi connectivity index (χ1) is 11.5. The summed E-state index contributed by atoms with van der Waals surface area (Å²) in [5, 5.41) is 2.75. The lowest BCUT2D eigenvalue weighted by molar-refractivity contribution is -0.127. The first-order valence-corrected chi connectivity index (χ1v) is 7.85. The summed E-state index contributed by atoms with van der Waals surface area (Å²) in [6.45, 7) is 6.46. The van der Waals surface area contributed by atoms with Gasteiger partial charge in [0.05, 0.1) is 6.54 Å². The van der Waals surface area contributed by atoms with Crippen molar-refractivity contribution >= 4 is 5.91 Å². The van der Waals surface area contributed by atoms with Crippen molar-refractivity contribution in [3.05, 3.63) is 59.4 Å². The Hall–Kier alpha value is -2.56. The Kier molecular flexibility index (Phi) is 6.18. The number of amides is 1. The standard InChI is InChI=1S/C19H22FNO3/c1-13-4-7-18(12-14(13)2)23-11-10-21-19(22)15(3)24-17-8-5-16(20)6-9-17/h4-9,12,15H,10-11H2,1-3H3,(H,21,22). The number of ether oxygens (including phenoxy) is 2. The van der Waals surface area contributed by atoms with Crippen molar-refractivity contribution in [1.29, 1.82) is 0 Å². The summed E-state index contributed by atoms with van der Waals surface area (Å²) in [4.78, 5) is 12.0. The maximum atomic E-state index is 12.8. The molecule has 1 atom stereocenters. The van der Waals surface area contributed by atoms with Crippen LogP contribution in [0.3, 0.4) is 0 Å². The zero-order chi connectivity index (χ0) is 17.5. The van der Waals surface area contributed by atoms with Gasteiger partial charge in [0.25, 0.3) is 5.91 Å². The van der Waals surface area contributed by atoms with Crippen LogP contribution in [0, 0.1) is 19.7 Å². The molecule has 1 N–H and O–H groups in total. The van der Waals surface area contributed by atoms with Crippen molar-refractivity contribution in [2.45, 2.75) is 26.9 Å². The van der Waals surface area contributed by atoms with E-state index >= 15 is 0 Å². The van der Waals surface area contributed by atoms with Crippen LogP contribution in [-0.2, 0) is 4.79 Å². The van der Waals surface area contributed by atoms with Crippen LogP contribution in [0.15, 0.2) is 42.5 Å². The number of aryl methyl sites for hydroxylation is 2. The maximum absolute atomic E-state index is 12.8. The predicted octanol–water partition coefficient (Wildman–Crippen LogP) is 3.41. The molecule has 0 aromatic heterocycles. The van der Waals surface area contributed by atoms with E-state index in [4.69, 9.17) is 9.47 Å². The Bertz CT molecular complexity index is 686. The van der Waals surface area contributed by atoms with Crippen LogP contribution in [0.5, 0.6) is 11.5 Å². The summed E-state index contributed by atoms with van der Waals surface area (Å²) in [6, 6.07) is 11.4. The first-order valence-electron chi connectivity index (χ1n) is 7.85. The van der Waals surface area contributed by atoms with Crippen LogP contribution in [0.2, 0.25) is 0 Å². The largest absolute Gasteiger partial charge is 0.492 e. The normalized spacial score (nSPS) is 11.7. The van der Waals surface area contributed by atoms with E-state index in [0.29, 0.717) is 18.9 Å². The van der Waals surface area contributed by atoms with Gasteiger partial charge in [0.15, 0.2) is 6.10 Å². The molecule has 0 saturated carbocycles. The number of carbonyl (C=O) groups excluding carboxylic acids is 1. The van der Waals surface area contributed by atoms with Crippen molar-refractivity contribution in [1.82, 2.24) is 5.32 Å². The highest BCUT2D eigenvalue weighted by Gasteiger charge is 2.14. The highest BCUT2D eigenvalue weighted by atomic mass is 19.1. The predicted molar refractivity (Wildman–Crippen MR) is 90.9 cm³/mol. The number of rotatable bonds is 7. The van der Waals surface area contributed by atoms with Gasteiger partial charge in [-0.1, -0.05) is 6.07 Å². The van der Waals surface area contributed by atoms with E-state index in [0.717, 1.165) is 11.3 Å². The number of carbonyl (C=O) groups is 1. The van der Waals surface area contributed by atoms with Crippen LogP contribution in [0.4, 0.5) is 4.39 Å². The van der Waals surface area contributed by atoms with E-state index in [1.807, 2.05) is 32.0 Å². The number of hydrogen-bond donors (Lipinski definition) is 1. The fraction of sp³-hybridized carbons (Fsp3) is 0.316. The average Bonchev–Trinajstić information content (AvgIpc) is 2.56. The van der Waals surface area contributed by atoms with E-state index in [-0.39, 0.29) is 11.7 Å². The van der Waals surface area contributed by atoms with E-state index in [1.165, 1.54) is 29.8 Å². The van der Waals surface area contributed by atoms with Crippen molar-refractivity contribution in [3.63, 3.8) is 0 Å². The molecule has 1 unspecified atom stereocenters. The smallest absolute Gasteiger partial charge is 0.260 e. The van der Waals surface area contributed by atoms with Crippen LogP contribution in [0.1, 0.15) is 18.1 Å². The van der Waals surface area contributed by atoms with Gasteiger partial charge < -0.3 is 14.8 Å². The zero-order valence-corrected chi connectivity index (χ0v) is 14.1. The van der Waals surface area contributed by atoms with E-state index in [9.17, 15) is 9.18 Å². The van der Waals surface area contributed by atoms with Crippen LogP contribution in [-0.4, -0.2) is 25.2 Å². The third-order valence-corrected chi connectivity index (χ3v) is 3.64. The highest BCUT2D eigenvalue weighted by Crippen LogP contribution is 2.16. The molecule has 2 aromatic carbocycles. The lowest BCUT2D eigenvalue weighted by Gasteiger charge is -2.15. The molecule has 2 aromatic rings. The molecular formula is C19H22FNO3. The number of nitrogens with one attached hydrogen (secondary N) is 1. The molecule has 5 heteroatoms. The Labute approximate surface area is 141 Å². The lowest BCUT2D eigenvalue weighted by Crippen LogP contribution is -2.38. The molecule has 0 aliphatic carbocycles. The second-order valence-electron chi connectivity index (χ2n) is 5.60. The topological polar surface area (TPSA) is 47.6 Å². The molecule has 0 spiro atoms. The summed E-state index contributed by atoms with van der Waals surface area (Å²) < 4.78 is 23.9. The minimum atomic E-state index is -0.669. The van der Waals surface area contributed by atoms with E-state index in [2.05, 4.69) is 5.32 Å². The summed E-state index contributed by atoms with van der Waals surface area (Å²) in [6.07, 6.45) is -0.669. The Morgan fingerprint density at radius 3 is 2.42 bits per heavy atom. The number of hydrogen-bond acceptors (Lipinski definition) is 3. The molecule has 4 nitrogen and oxygen atoms in total. The molecule has 1 amide bonds. The van der Waals surface area contributed by atoms with Crippen LogP contribution < -0.4 is 14.8 Å².